The van der Waals surface area contributed by atoms with Gasteiger partial charge >= 0.3 is 0 Å². The summed E-state index contributed by atoms with van der Waals surface area (Å²) in [5, 5.41) is 5.20. The van der Waals surface area contributed by atoms with Crippen molar-refractivity contribution in [1.82, 2.24) is 14.9 Å². The van der Waals surface area contributed by atoms with Gasteiger partial charge < -0.3 is 10.6 Å². The summed E-state index contributed by atoms with van der Waals surface area (Å²) in [6.07, 6.45) is 1.68. The lowest BCUT2D eigenvalue weighted by atomic mass is 10.4. The minimum absolute atomic E-state index is 0.0979. The van der Waals surface area contributed by atoms with Gasteiger partial charge in [-0.25, -0.2) is 12.7 Å². The smallest absolute Gasteiger partial charge is 0.261 e. The molecule has 130 valence electrons. The molecule has 0 saturated carbocycles. The Morgan fingerprint density at radius 1 is 1.26 bits per heavy atom. The Hall–Kier alpha value is -1.45. The molecule has 2 N–H and O–H groups in total. The lowest BCUT2D eigenvalue weighted by Crippen LogP contribution is -2.38. The van der Waals surface area contributed by atoms with E-state index in [9.17, 15) is 18.0 Å². The second-order valence-electron chi connectivity index (χ2n) is 5.05. The number of carbonyl (C=O) groups is 2. The van der Waals surface area contributed by atoms with E-state index in [1.807, 2.05) is 13.0 Å². The maximum Gasteiger partial charge on any atom is 0.261 e. The van der Waals surface area contributed by atoms with Gasteiger partial charge in [-0.05, 0) is 25.5 Å². The molecule has 0 bridgehead atoms. The molecule has 0 aliphatic rings. The van der Waals surface area contributed by atoms with Crippen LogP contribution in [-0.2, 0) is 14.8 Å². The van der Waals surface area contributed by atoms with Crippen LogP contribution in [0.3, 0.4) is 0 Å². The minimum Gasteiger partial charge on any atom is -0.355 e. The zero-order valence-corrected chi connectivity index (χ0v) is 15.2. The number of rotatable bonds is 9. The summed E-state index contributed by atoms with van der Waals surface area (Å²) in [6, 6.07) is 3.57. The fourth-order valence-corrected chi connectivity index (χ4v) is 3.62. The van der Waals surface area contributed by atoms with Crippen molar-refractivity contribution in [1.29, 1.82) is 0 Å². The van der Waals surface area contributed by atoms with E-state index >= 15 is 0 Å². The number of carbonyl (C=O) groups excluding carboxylic acids is 2. The van der Waals surface area contributed by atoms with Crippen LogP contribution in [0.25, 0.3) is 0 Å². The van der Waals surface area contributed by atoms with Crippen molar-refractivity contribution < 1.29 is 18.0 Å². The molecule has 1 rings (SSSR count). The van der Waals surface area contributed by atoms with Crippen LogP contribution in [0.1, 0.15) is 27.9 Å². The normalized spacial score (nSPS) is 11.5. The summed E-state index contributed by atoms with van der Waals surface area (Å²) in [7, 11) is -3.20. The summed E-state index contributed by atoms with van der Waals surface area (Å²) >= 11 is 1.37. The number of aryl methyl sites for hydroxylation is 1. The molecule has 0 saturated heterocycles. The topological polar surface area (TPSA) is 95.6 Å². The van der Waals surface area contributed by atoms with Gasteiger partial charge in [-0.15, -0.1) is 11.3 Å². The average Bonchev–Trinajstić information content (AvgIpc) is 2.90. The summed E-state index contributed by atoms with van der Waals surface area (Å²) < 4.78 is 24.1. The number of hydrogen-bond donors (Lipinski definition) is 2. The molecule has 9 heteroatoms. The molecule has 1 heterocycles. The second-order valence-corrected chi connectivity index (χ2v) is 8.32. The molecule has 0 radical (unpaired) electrons. The van der Waals surface area contributed by atoms with Crippen LogP contribution >= 0.6 is 11.3 Å². The molecule has 23 heavy (non-hydrogen) atoms. The summed E-state index contributed by atoms with van der Waals surface area (Å²) in [4.78, 5) is 25.0. The largest absolute Gasteiger partial charge is 0.355 e. The summed E-state index contributed by atoms with van der Waals surface area (Å²) in [6.45, 7) is 4.70. The van der Waals surface area contributed by atoms with E-state index in [1.54, 1.807) is 13.0 Å². The minimum atomic E-state index is -3.20. The van der Waals surface area contributed by atoms with Gasteiger partial charge in [0.05, 0.1) is 17.7 Å². The highest BCUT2D eigenvalue weighted by molar-refractivity contribution is 7.88. The van der Waals surface area contributed by atoms with Gasteiger partial charge in [0.15, 0.2) is 0 Å². The van der Waals surface area contributed by atoms with Gasteiger partial charge in [0.1, 0.15) is 0 Å². The maximum atomic E-state index is 11.8. The monoisotopic (exact) mass is 361 g/mol. The number of thiophene rings is 1. The molecule has 0 aromatic carbocycles. The molecular formula is C14H23N3O4S2. The standard InChI is InChI=1S/C14H23N3O4S2/c1-4-17(23(3,20)21)9-5-8-15-13(18)10-16-14(19)12-7-6-11(2)22-12/h6-7H,4-5,8-10H2,1-3H3,(H,15,18)(H,16,19). The van der Waals surface area contributed by atoms with Crippen molar-refractivity contribution in [3.8, 4) is 0 Å². The fourth-order valence-electron chi connectivity index (χ4n) is 1.91. The lowest BCUT2D eigenvalue weighted by molar-refractivity contribution is -0.120. The van der Waals surface area contributed by atoms with Gasteiger partial charge in [-0.3, -0.25) is 9.59 Å². The third-order valence-electron chi connectivity index (χ3n) is 3.10. The Labute approximate surface area is 141 Å². The lowest BCUT2D eigenvalue weighted by Gasteiger charge is -2.17. The Morgan fingerprint density at radius 3 is 2.48 bits per heavy atom. The number of amides is 2. The van der Waals surface area contributed by atoms with Crippen LogP contribution in [0.5, 0.6) is 0 Å². The first-order valence-electron chi connectivity index (χ1n) is 7.30. The first kappa shape index (κ1) is 19.6. The molecule has 7 nitrogen and oxygen atoms in total. The number of hydrogen-bond acceptors (Lipinski definition) is 5. The molecular weight excluding hydrogens is 338 g/mol. The average molecular weight is 361 g/mol. The van der Waals surface area contributed by atoms with E-state index in [2.05, 4.69) is 10.6 Å². The predicted octanol–water partition coefficient (Wildman–Crippen LogP) is 0.574. The first-order valence-corrected chi connectivity index (χ1v) is 9.97. The molecule has 0 unspecified atom stereocenters. The molecule has 1 aromatic rings. The Kier molecular flexibility index (Phi) is 7.66. The molecule has 0 aliphatic carbocycles. The third kappa shape index (κ3) is 7.10. The van der Waals surface area contributed by atoms with Gasteiger partial charge in [0.2, 0.25) is 15.9 Å². The van der Waals surface area contributed by atoms with E-state index in [0.717, 1.165) is 11.1 Å². The molecule has 0 spiro atoms. The van der Waals surface area contributed by atoms with Gasteiger partial charge in [-0.1, -0.05) is 6.92 Å². The number of nitrogens with zero attached hydrogens (tertiary/aromatic N) is 1. The van der Waals surface area contributed by atoms with Crippen molar-refractivity contribution >= 4 is 33.2 Å². The van der Waals surface area contributed by atoms with E-state index in [0.29, 0.717) is 30.9 Å². The summed E-state index contributed by atoms with van der Waals surface area (Å²) in [5.41, 5.74) is 0. The Morgan fingerprint density at radius 2 is 1.96 bits per heavy atom. The van der Waals surface area contributed by atoms with Crippen molar-refractivity contribution in [2.24, 2.45) is 0 Å². The van der Waals surface area contributed by atoms with Crippen LogP contribution < -0.4 is 10.6 Å². The Balaban J connectivity index is 2.23. The second kappa shape index (κ2) is 8.99. The van der Waals surface area contributed by atoms with Crippen molar-refractivity contribution in [2.45, 2.75) is 20.3 Å². The zero-order chi connectivity index (χ0) is 17.5. The van der Waals surface area contributed by atoms with E-state index in [4.69, 9.17) is 0 Å². The Bertz CT molecular complexity index is 640. The molecule has 0 atom stereocenters. The van der Waals surface area contributed by atoms with Crippen LogP contribution in [0.2, 0.25) is 0 Å². The quantitative estimate of drug-likeness (QED) is 0.629. The van der Waals surface area contributed by atoms with E-state index in [-0.39, 0.29) is 18.4 Å². The van der Waals surface area contributed by atoms with Crippen LogP contribution in [0.15, 0.2) is 12.1 Å². The third-order valence-corrected chi connectivity index (χ3v) is 5.48. The van der Waals surface area contributed by atoms with Crippen LogP contribution in [0, 0.1) is 6.92 Å². The zero-order valence-electron chi connectivity index (χ0n) is 13.6. The SMILES string of the molecule is CCN(CCCNC(=O)CNC(=O)c1ccc(C)s1)S(C)(=O)=O. The van der Waals surface area contributed by atoms with E-state index < -0.39 is 10.0 Å². The fraction of sp³-hybridized carbons (Fsp3) is 0.571. The van der Waals surface area contributed by atoms with Crippen LogP contribution in [0.4, 0.5) is 0 Å². The van der Waals surface area contributed by atoms with Gasteiger partial charge in [-0.2, -0.15) is 0 Å². The molecule has 0 fully saturated rings. The predicted molar refractivity (Wildman–Crippen MR) is 91.1 cm³/mol. The van der Waals surface area contributed by atoms with Gasteiger partial charge in [0.25, 0.3) is 5.91 Å². The number of nitrogens with one attached hydrogen (secondary N) is 2. The number of sulfonamides is 1. The van der Waals surface area contributed by atoms with Crippen molar-refractivity contribution in [3.05, 3.63) is 21.9 Å². The molecule has 2 amide bonds. The highest BCUT2D eigenvalue weighted by atomic mass is 32.2. The highest BCUT2D eigenvalue weighted by Crippen LogP contribution is 2.14. The first-order chi connectivity index (χ1) is 10.7. The van der Waals surface area contributed by atoms with Gasteiger partial charge in [0, 0.05) is 24.5 Å². The highest BCUT2D eigenvalue weighted by Gasteiger charge is 2.13. The van der Waals surface area contributed by atoms with Crippen molar-refractivity contribution in [3.63, 3.8) is 0 Å². The summed E-state index contributed by atoms with van der Waals surface area (Å²) in [5.74, 6) is -0.568. The molecule has 1 aromatic heterocycles. The molecule has 0 aliphatic heterocycles. The maximum absolute atomic E-state index is 11.8. The van der Waals surface area contributed by atoms with Crippen molar-refractivity contribution in [2.75, 3.05) is 32.4 Å². The van der Waals surface area contributed by atoms with Crippen LogP contribution in [-0.4, -0.2) is 57.0 Å². The van der Waals surface area contributed by atoms with E-state index in [1.165, 1.54) is 15.6 Å².